The summed E-state index contributed by atoms with van der Waals surface area (Å²) in [6.45, 7) is 13.4. The molecule has 0 unspecified atom stereocenters. The van der Waals surface area contributed by atoms with Gasteiger partial charge in [0.25, 0.3) is 0 Å². The van der Waals surface area contributed by atoms with Gasteiger partial charge in [0.15, 0.2) is 0 Å². The molecule has 1 fully saturated rings. The van der Waals surface area contributed by atoms with Crippen LogP contribution in [-0.4, -0.2) is 47.9 Å². The van der Waals surface area contributed by atoms with Crippen LogP contribution < -0.4 is 0 Å². The number of nitrogens with zero attached hydrogens (tertiary/aromatic N) is 3. The highest BCUT2D eigenvalue weighted by atomic mass is 15.3. The van der Waals surface area contributed by atoms with Gasteiger partial charge in [0.2, 0.25) is 0 Å². The lowest BCUT2D eigenvalue weighted by Crippen LogP contribution is -2.55. The lowest BCUT2D eigenvalue weighted by molar-refractivity contribution is 0.129. The van der Waals surface area contributed by atoms with Crippen LogP contribution >= 0.6 is 0 Å². The first-order valence-electron chi connectivity index (χ1n) is 5.09. The molecule has 0 aromatic carbocycles. The van der Waals surface area contributed by atoms with E-state index >= 15 is 0 Å². The second-order valence-electron chi connectivity index (χ2n) is 4.74. The molecule has 0 bridgehead atoms. The number of piperazine rings is 1. The molecule has 0 radical (unpaired) electrons. The third kappa shape index (κ3) is 2.58. The minimum absolute atomic E-state index is 0.225. The van der Waals surface area contributed by atoms with E-state index in [0.717, 1.165) is 25.5 Å². The topological polar surface area (TPSA) is 18.8 Å². The van der Waals surface area contributed by atoms with Gasteiger partial charge in [0.1, 0.15) is 5.84 Å². The van der Waals surface area contributed by atoms with Crippen LogP contribution in [0.15, 0.2) is 17.8 Å². The van der Waals surface area contributed by atoms with Crippen LogP contribution in [0.5, 0.6) is 0 Å². The summed E-state index contributed by atoms with van der Waals surface area (Å²) in [6, 6.07) is 0. The summed E-state index contributed by atoms with van der Waals surface area (Å²) in [4.78, 5) is 8.93. The van der Waals surface area contributed by atoms with Crippen molar-refractivity contribution in [1.29, 1.82) is 0 Å². The molecule has 3 heteroatoms. The Hall–Kier alpha value is -0.830. The minimum atomic E-state index is 0.225. The summed E-state index contributed by atoms with van der Waals surface area (Å²) in [6.07, 6.45) is 1.62. The van der Waals surface area contributed by atoms with Crippen molar-refractivity contribution in [1.82, 2.24) is 9.80 Å². The molecular weight excluding hydrogens is 174 g/mol. The Kier molecular flexibility index (Phi) is 3.32. The Morgan fingerprint density at radius 1 is 1.36 bits per heavy atom. The van der Waals surface area contributed by atoms with Crippen LogP contribution in [-0.2, 0) is 0 Å². The van der Waals surface area contributed by atoms with Crippen molar-refractivity contribution >= 4 is 5.84 Å². The van der Waals surface area contributed by atoms with Gasteiger partial charge in [-0.05, 0) is 20.8 Å². The van der Waals surface area contributed by atoms with E-state index in [2.05, 4.69) is 49.2 Å². The third-order valence-corrected chi connectivity index (χ3v) is 2.67. The fraction of sp³-hybridized carbons (Fsp3) is 0.727. The van der Waals surface area contributed by atoms with Crippen molar-refractivity contribution in [2.24, 2.45) is 4.99 Å². The highest BCUT2D eigenvalue weighted by Crippen LogP contribution is 2.16. The molecule has 3 nitrogen and oxygen atoms in total. The molecule has 0 spiro atoms. The summed E-state index contributed by atoms with van der Waals surface area (Å²) in [7, 11) is 2.09. The molecule has 0 atom stereocenters. The molecule has 0 saturated carbocycles. The van der Waals surface area contributed by atoms with Gasteiger partial charge in [-0.25, -0.2) is 4.99 Å². The van der Waals surface area contributed by atoms with Crippen LogP contribution in [0.2, 0.25) is 0 Å². The zero-order valence-electron chi connectivity index (χ0n) is 9.75. The van der Waals surface area contributed by atoms with E-state index in [1.807, 2.05) is 0 Å². The summed E-state index contributed by atoms with van der Waals surface area (Å²) in [5.41, 5.74) is 0.225. The molecule has 14 heavy (non-hydrogen) atoms. The summed E-state index contributed by atoms with van der Waals surface area (Å²) >= 11 is 0. The first-order chi connectivity index (χ1) is 6.45. The van der Waals surface area contributed by atoms with Crippen molar-refractivity contribution in [3.05, 3.63) is 12.8 Å². The molecule has 0 aromatic rings. The largest absolute Gasteiger partial charge is 0.361 e. The normalized spacial score (nSPS) is 22.9. The van der Waals surface area contributed by atoms with Crippen LogP contribution in [0.25, 0.3) is 0 Å². The summed E-state index contributed by atoms with van der Waals surface area (Å²) in [5, 5.41) is 0. The number of hydrogen-bond donors (Lipinski definition) is 0. The summed E-state index contributed by atoms with van der Waals surface area (Å²) in [5.74, 6) is 1.11. The standard InChI is InChI=1S/C11H21N3/c1-6-12-10-9-14(11(2,3)4)8-7-13(10)5/h6H,1,7-9H2,2-5H3/b12-10-. The van der Waals surface area contributed by atoms with Gasteiger partial charge in [-0.3, -0.25) is 4.90 Å². The van der Waals surface area contributed by atoms with Gasteiger partial charge in [-0.2, -0.15) is 0 Å². The quantitative estimate of drug-likeness (QED) is 0.632. The van der Waals surface area contributed by atoms with E-state index in [0.29, 0.717) is 0 Å². The molecular formula is C11H21N3. The Labute approximate surface area is 87.1 Å². The minimum Gasteiger partial charge on any atom is -0.361 e. The fourth-order valence-corrected chi connectivity index (χ4v) is 1.59. The second kappa shape index (κ2) is 4.13. The molecule has 1 aliphatic heterocycles. The molecule has 0 aromatic heterocycles. The van der Waals surface area contributed by atoms with E-state index in [-0.39, 0.29) is 5.54 Å². The number of amidine groups is 1. The van der Waals surface area contributed by atoms with Gasteiger partial charge in [0.05, 0.1) is 6.54 Å². The van der Waals surface area contributed by atoms with Crippen molar-refractivity contribution in [3.63, 3.8) is 0 Å². The number of hydrogen-bond acceptors (Lipinski definition) is 2. The van der Waals surface area contributed by atoms with Crippen LogP contribution in [0.1, 0.15) is 20.8 Å². The first kappa shape index (κ1) is 11.2. The van der Waals surface area contributed by atoms with Gasteiger partial charge >= 0.3 is 0 Å². The monoisotopic (exact) mass is 195 g/mol. The lowest BCUT2D eigenvalue weighted by Gasteiger charge is -2.42. The van der Waals surface area contributed by atoms with E-state index in [9.17, 15) is 0 Å². The van der Waals surface area contributed by atoms with Crippen LogP contribution in [0.4, 0.5) is 0 Å². The lowest BCUT2D eigenvalue weighted by atomic mass is 10.0. The van der Waals surface area contributed by atoms with E-state index in [4.69, 9.17) is 0 Å². The zero-order valence-corrected chi connectivity index (χ0v) is 9.75. The van der Waals surface area contributed by atoms with E-state index in [1.165, 1.54) is 0 Å². The molecule has 0 amide bonds. The maximum absolute atomic E-state index is 4.29. The van der Waals surface area contributed by atoms with Crippen molar-refractivity contribution in [2.75, 3.05) is 26.7 Å². The van der Waals surface area contributed by atoms with Crippen LogP contribution in [0.3, 0.4) is 0 Å². The molecule has 0 aliphatic carbocycles. The molecule has 1 saturated heterocycles. The fourth-order valence-electron chi connectivity index (χ4n) is 1.59. The maximum Gasteiger partial charge on any atom is 0.118 e. The highest BCUT2D eigenvalue weighted by molar-refractivity contribution is 5.85. The number of likely N-dealkylation sites (N-methyl/N-ethyl adjacent to an activating group) is 1. The maximum atomic E-state index is 4.29. The molecule has 80 valence electrons. The Morgan fingerprint density at radius 2 is 2.00 bits per heavy atom. The van der Waals surface area contributed by atoms with E-state index in [1.54, 1.807) is 6.20 Å². The summed E-state index contributed by atoms with van der Waals surface area (Å²) < 4.78 is 0. The van der Waals surface area contributed by atoms with Gasteiger partial charge in [-0.15, -0.1) is 0 Å². The predicted octanol–water partition coefficient (Wildman–Crippen LogP) is 1.57. The zero-order chi connectivity index (χ0) is 10.8. The van der Waals surface area contributed by atoms with Gasteiger partial charge < -0.3 is 4.90 Å². The Morgan fingerprint density at radius 3 is 2.50 bits per heavy atom. The van der Waals surface area contributed by atoms with Crippen molar-refractivity contribution in [3.8, 4) is 0 Å². The SMILES string of the molecule is C=C/N=C1/CN(C(C)(C)C)CCN1C. The molecule has 0 N–H and O–H groups in total. The van der Waals surface area contributed by atoms with Gasteiger partial charge in [0, 0.05) is 31.9 Å². The number of aliphatic imine (C=N–C) groups is 1. The van der Waals surface area contributed by atoms with Gasteiger partial charge in [-0.1, -0.05) is 6.58 Å². The average Bonchev–Trinajstić information content (AvgIpc) is 2.07. The highest BCUT2D eigenvalue weighted by Gasteiger charge is 2.27. The van der Waals surface area contributed by atoms with Crippen LogP contribution in [0, 0.1) is 0 Å². The predicted molar refractivity (Wildman–Crippen MR) is 61.6 cm³/mol. The smallest absolute Gasteiger partial charge is 0.118 e. The third-order valence-electron chi connectivity index (χ3n) is 2.67. The average molecular weight is 195 g/mol. The van der Waals surface area contributed by atoms with Crippen molar-refractivity contribution in [2.45, 2.75) is 26.3 Å². The Bertz CT molecular complexity index is 237. The van der Waals surface area contributed by atoms with E-state index < -0.39 is 0 Å². The second-order valence-corrected chi connectivity index (χ2v) is 4.74. The number of rotatable bonds is 1. The Balaban J connectivity index is 2.72. The molecule has 1 aliphatic rings. The molecule has 1 rings (SSSR count). The first-order valence-corrected chi connectivity index (χ1v) is 5.09. The van der Waals surface area contributed by atoms with Crippen molar-refractivity contribution < 1.29 is 0 Å². The molecule has 1 heterocycles.